The Hall–Kier alpha value is -1.01. The molecule has 1 amide bonds. The summed E-state index contributed by atoms with van der Waals surface area (Å²) in [6, 6.07) is 0. The Morgan fingerprint density at radius 3 is 2.83 bits per heavy atom. The van der Waals surface area contributed by atoms with E-state index in [2.05, 4.69) is 11.2 Å². The summed E-state index contributed by atoms with van der Waals surface area (Å²) in [6.45, 7) is 2.35. The van der Waals surface area contributed by atoms with Gasteiger partial charge in [-0.25, -0.2) is 0 Å². The van der Waals surface area contributed by atoms with Crippen molar-refractivity contribution < 1.29 is 4.79 Å². The summed E-state index contributed by atoms with van der Waals surface area (Å²) in [5.41, 5.74) is 0. The maximum absolute atomic E-state index is 11.3. The van der Waals surface area contributed by atoms with Crippen molar-refractivity contribution in [2.45, 2.75) is 6.42 Å². The molecule has 1 fully saturated rings. The van der Waals surface area contributed by atoms with E-state index in [4.69, 9.17) is 6.42 Å². The van der Waals surface area contributed by atoms with E-state index in [1.54, 1.807) is 11.9 Å². The number of nitrogens with zero attached hydrogens (tertiary/aromatic N) is 1. The van der Waals surface area contributed by atoms with Crippen molar-refractivity contribution in [1.82, 2.24) is 10.2 Å². The third kappa shape index (κ3) is 2.24. The Balaban J connectivity index is 2.22. The molecule has 0 spiro atoms. The van der Waals surface area contributed by atoms with E-state index in [1.165, 1.54) is 0 Å². The molecule has 1 N–H and O–H groups in total. The minimum atomic E-state index is 0.152. The Bertz CT molecular complexity index is 203. The summed E-state index contributed by atoms with van der Waals surface area (Å²) in [6.07, 6.45) is 5.72. The summed E-state index contributed by atoms with van der Waals surface area (Å²) in [5, 5.41) is 3.13. The van der Waals surface area contributed by atoms with Crippen LogP contribution in [0, 0.1) is 18.3 Å². The number of carbonyl (C=O) groups is 1. The van der Waals surface area contributed by atoms with Crippen LogP contribution in [0.3, 0.4) is 0 Å². The number of rotatable bonds is 3. The molecule has 0 radical (unpaired) electrons. The molecule has 12 heavy (non-hydrogen) atoms. The van der Waals surface area contributed by atoms with Gasteiger partial charge in [0.2, 0.25) is 5.91 Å². The summed E-state index contributed by atoms with van der Waals surface area (Å²) in [4.78, 5) is 12.9. The zero-order chi connectivity index (χ0) is 8.97. The van der Waals surface area contributed by atoms with Gasteiger partial charge in [0.15, 0.2) is 0 Å². The van der Waals surface area contributed by atoms with E-state index in [-0.39, 0.29) is 5.91 Å². The monoisotopic (exact) mass is 166 g/mol. The topological polar surface area (TPSA) is 32.3 Å². The van der Waals surface area contributed by atoms with Crippen molar-refractivity contribution in [3.63, 3.8) is 0 Å². The molecule has 0 aromatic rings. The molecule has 0 bridgehead atoms. The molecule has 66 valence electrons. The molecule has 0 saturated carbocycles. The Labute approximate surface area is 73.1 Å². The molecule has 1 saturated heterocycles. The Morgan fingerprint density at radius 1 is 1.75 bits per heavy atom. The summed E-state index contributed by atoms with van der Waals surface area (Å²) in [5.74, 6) is 3.13. The molecule has 3 heteroatoms. The van der Waals surface area contributed by atoms with Crippen LogP contribution < -0.4 is 5.32 Å². The van der Waals surface area contributed by atoms with E-state index in [1.807, 2.05) is 0 Å². The predicted octanol–water partition coefficient (Wildman–Crippen LogP) is -0.312. The largest absolute Gasteiger partial charge is 0.335 e. The normalized spacial score (nSPS) is 16.3. The van der Waals surface area contributed by atoms with Gasteiger partial charge in [0.05, 0.1) is 6.54 Å². The molecule has 3 nitrogen and oxygen atoms in total. The number of nitrogens with one attached hydrogen (secondary N) is 1. The quantitative estimate of drug-likeness (QED) is 0.583. The molecule has 0 aromatic carbocycles. The second-order valence-electron chi connectivity index (χ2n) is 3.18. The third-order valence-electron chi connectivity index (χ3n) is 2.08. The third-order valence-corrected chi connectivity index (χ3v) is 2.08. The van der Waals surface area contributed by atoms with Crippen LogP contribution in [0.25, 0.3) is 0 Å². The van der Waals surface area contributed by atoms with Crippen molar-refractivity contribution in [3.05, 3.63) is 0 Å². The van der Waals surface area contributed by atoms with Crippen LogP contribution in [0.4, 0.5) is 0 Å². The fourth-order valence-corrected chi connectivity index (χ4v) is 1.12. The van der Waals surface area contributed by atoms with Crippen molar-refractivity contribution in [1.29, 1.82) is 0 Å². The Kier molecular flexibility index (Phi) is 3.12. The number of hydrogen-bond acceptors (Lipinski definition) is 2. The maximum Gasteiger partial charge on any atom is 0.223 e. The van der Waals surface area contributed by atoms with Gasteiger partial charge in [-0.2, -0.15) is 0 Å². The predicted molar refractivity (Wildman–Crippen MR) is 47.4 cm³/mol. The highest BCUT2D eigenvalue weighted by molar-refractivity contribution is 5.76. The second-order valence-corrected chi connectivity index (χ2v) is 3.18. The van der Waals surface area contributed by atoms with Gasteiger partial charge in [0.1, 0.15) is 0 Å². The minimum absolute atomic E-state index is 0.152. The first kappa shape index (κ1) is 9.08. The van der Waals surface area contributed by atoms with Crippen LogP contribution >= 0.6 is 0 Å². The fraction of sp³-hybridized carbons (Fsp3) is 0.667. The van der Waals surface area contributed by atoms with Crippen molar-refractivity contribution in [2.75, 3.05) is 26.7 Å². The van der Waals surface area contributed by atoms with Crippen LogP contribution in [0.5, 0.6) is 0 Å². The van der Waals surface area contributed by atoms with Crippen LogP contribution in [-0.2, 0) is 4.79 Å². The molecular formula is C9H14N2O. The van der Waals surface area contributed by atoms with Crippen LogP contribution in [-0.4, -0.2) is 37.5 Å². The zero-order valence-electron chi connectivity index (χ0n) is 7.34. The van der Waals surface area contributed by atoms with Gasteiger partial charge >= 0.3 is 0 Å². The van der Waals surface area contributed by atoms with E-state index in [0.29, 0.717) is 18.9 Å². The molecule has 1 heterocycles. The smallest absolute Gasteiger partial charge is 0.223 e. The second kappa shape index (κ2) is 4.13. The van der Waals surface area contributed by atoms with Gasteiger partial charge in [-0.05, 0) is 19.0 Å². The molecule has 0 atom stereocenters. The van der Waals surface area contributed by atoms with Gasteiger partial charge in [0, 0.05) is 13.5 Å². The lowest BCUT2D eigenvalue weighted by atomic mass is 9.99. The van der Waals surface area contributed by atoms with Crippen LogP contribution in [0.15, 0.2) is 0 Å². The number of carbonyl (C=O) groups excluding carboxylic acids is 1. The number of terminal acetylenes is 1. The lowest BCUT2D eigenvalue weighted by molar-refractivity contribution is -0.130. The average molecular weight is 166 g/mol. The molecular weight excluding hydrogens is 152 g/mol. The van der Waals surface area contributed by atoms with Gasteiger partial charge in [-0.1, -0.05) is 5.92 Å². The highest BCUT2D eigenvalue weighted by Crippen LogP contribution is 2.09. The van der Waals surface area contributed by atoms with E-state index < -0.39 is 0 Å². The van der Waals surface area contributed by atoms with E-state index in [0.717, 1.165) is 13.1 Å². The first-order valence-electron chi connectivity index (χ1n) is 4.12. The first-order chi connectivity index (χ1) is 5.74. The summed E-state index contributed by atoms with van der Waals surface area (Å²) >= 11 is 0. The molecule has 1 rings (SSSR count). The number of hydrogen-bond donors (Lipinski definition) is 1. The van der Waals surface area contributed by atoms with Gasteiger partial charge < -0.3 is 10.2 Å². The lowest BCUT2D eigenvalue weighted by Gasteiger charge is -2.27. The molecule has 1 aliphatic heterocycles. The SMILES string of the molecule is C#CCN(C)C(=O)CC1CNC1. The standard InChI is InChI=1S/C9H14N2O/c1-3-4-11(2)9(12)5-8-6-10-7-8/h1,8,10H,4-7H2,2H3. The van der Waals surface area contributed by atoms with Gasteiger partial charge in [0.25, 0.3) is 0 Å². The highest BCUT2D eigenvalue weighted by Gasteiger charge is 2.21. The first-order valence-corrected chi connectivity index (χ1v) is 4.12. The summed E-state index contributed by atoms with van der Waals surface area (Å²) in [7, 11) is 1.74. The number of amides is 1. The van der Waals surface area contributed by atoms with Gasteiger partial charge in [-0.3, -0.25) is 4.79 Å². The van der Waals surface area contributed by atoms with Crippen LogP contribution in [0.1, 0.15) is 6.42 Å². The van der Waals surface area contributed by atoms with Crippen LogP contribution in [0.2, 0.25) is 0 Å². The van der Waals surface area contributed by atoms with E-state index >= 15 is 0 Å². The Morgan fingerprint density at radius 2 is 2.42 bits per heavy atom. The average Bonchev–Trinajstić information content (AvgIpc) is 1.97. The maximum atomic E-state index is 11.3. The highest BCUT2D eigenvalue weighted by atomic mass is 16.2. The van der Waals surface area contributed by atoms with E-state index in [9.17, 15) is 4.79 Å². The molecule has 0 unspecified atom stereocenters. The van der Waals surface area contributed by atoms with Crippen molar-refractivity contribution >= 4 is 5.91 Å². The zero-order valence-corrected chi connectivity index (χ0v) is 7.34. The molecule has 0 aromatic heterocycles. The fourth-order valence-electron chi connectivity index (χ4n) is 1.12. The molecule has 1 aliphatic rings. The van der Waals surface area contributed by atoms with Crippen molar-refractivity contribution in [2.24, 2.45) is 5.92 Å². The van der Waals surface area contributed by atoms with Gasteiger partial charge in [-0.15, -0.1) is 6.42 Å². The molecule has 0 aliphatic carbocycles. The van der Waals surface area contributed by atoms with Crippen molar-refractivity contribution in [3.8, 4) is 12.3 Å². The lowest BCUT2D eigenvalue weighted by Crippen LogP contribution is -2.44. The minimum Gasteiger partial charge on any atom is -0.335 e. The summed E-state index contributed by atoms with van der Waals surface area (Å²) < 4.78 is 0.